The monoisotopic (exact) mass is 307 g/mol. The highest BCUT2D eigenvalue weighted by molar-refractivity contribution is 5.76. The molecule has 1 aliphatic rings. The SMILES string of the molecule is COc1cc(OC)c(OC)cc1CNC(=O)CC1CCCC1. The van der Waals surface area contributed by atoms with Crippen LogP contribution in [0.3, 0.4) is 0 Å². The minimum Gasteiger partial charge on any atom is -0.496 e. The molecule has 0 bridgehead atoms. The van der Waals surface area contributed by atoms with E-state index in [2.05, 4.69) is 5.32 Å². The molecule has 2 rings (SSSR count). The van der Waals surface area contributed by atoms with E-state index < -0.39 is 0 Å². The molecule has 0 spiro atoms. The Morgan fingerprint density at radius 3 is 2.23 bits per heavy atom. The molecule has 22 heavy (non-hydrogen) atoms. The van der Waals surface area contributed by atoms with Gasteiger partial charge in [-0.15, -0.1) is 0 Å². The molecule has 1 N–H and O–H groups in total. The first kappa shape index (κ1) is 16.5. The topological polar surface area (TPSA) is 56.8 Å². The molecule has 0 radical (unpaired) electrons. The van der Waals surface area contributed by atoms with Crippen molar-refractivity contribution >= 4 is 5.91 Å². The van der Waals surface area contributed by atoms with Gasteiger partial charge in [-0.2, -0.15) is 0 Å². The second kappa shape index (κ2) is 7.92. The molecule has 0 aliphatic heterocycles. The molecule has 1 amide bonds. The molecule has 5 heteroatoms. The van der Waals surface area contributed by atoms with Gasteiger partial charge < -0.3 is 19.5 Å². The maximum atomic E-state index is 12.0. The summed E-state index contributed by atoms with van der Waals surface area (Å²) in [7, 11) is 4.78. The zero-order valence-electron chi connectivity index (χ0n) is 13.6. The van der Waals surface area contributed by atoms with Crippen molar-refractivity contribution in [3.05, 3.63) is 17.7 Å². The number of amides is 1. The van der Waals surface area contributed by atoms with E-state index in [4.69, 9.17) is 14.2 Å². The van der Waals surface area contributed by atoms with E-state index in [1.165, 1.54) is 25.7 Å². The third-order valence-corrected chi connectivity index (χ3v) is 4.21. The minimum absolute atomic E-state index is 0.101. The first-order valence-corrected chi connectivity index (χ1v) is 7.73. The molecule has 0 aromatic heterocycles. The smallest absolute Gasteiger partial charge is 0.220 e. The van der Waals surface area contributed by atoms with Crippen LogP contribution in [0.5, 0.6) is 17.2 Å². The average molecular weight is 307 g/mol. The molecular formula is C17H25NO4. The second-order valence-corrected chi connectivity index (χ2v) is 5.65. The first-order chi connectivity index (χ1) is 10.7. The van der Waals surface area contributed by atoms with Crippen molar-refractivity contribution < 1.29 is 19.0 Å². The highest BCUT2D eigenvalue weighted by Gasteiger charge is 2.19. The van der Waals surface area contributed by atoms with Crippen molar-refractivity contribution in [1.29, 1.82) is 0 Å². The Morgan fingerprint density at radius 1 is 1.05 bits per heavy atom. The highest BCUT2D eigenvalue weighted by atomic mass is 16.5. The predicted octanol–water partition coefficient (Wildman–Crippen LogP) is 2.91. The summed E-state index contributed by atoms with van der Waals surface area (Å²) in [5.74, 6) is 2.57. The van der Waals surface area contributed by atoms with Gasteiger partial charge in [-0.1, -0.05) is 12.8 Å². The number of carbonyl (C=O) groups is 1. The predicted molar refractivity (Wildman–Crippen MR) is 84.5 cm³/mol. The fraction of sp³-hybridized carbons (Fsp3) is 0.588. The first-order valence-electron chi connectivity index (χ1n) is 7.73. The van der Waals surface area contributed by atoms with Crippen LogP contribution in [-0.4, -0.2) is 27.2 Å². The number of carbonyl (C=O) groups excluding carboxylic acids is 1. The lowest BCUT2D eigenvalue weighted by atomic mass is 10.0. The molecule has 0 unspecified atom stereocenters. The van der Waals surface area contributed by atoms with Gasteiger partial charge in [-0.05, 0) is 24.8 Å². The van der Waals surface area contributed by atoms with Crippen LogP contribution in [0.4, 0.5) is 0 Å². The summed E-state index contributed by atoms with van der Waals surface area (Å²) in [4.78, 5) is 12.0. The summed E-state index contributed by atoms with van der Waals surface area (Å²) in [5.41, 5.74) is 0.875. The van der Waals surface area contributed by atoms with Gasteiger partial charge in [0.05, 0.1) is 21.3 Å². The van der Waals surface area contributed by atoms with Crippen LogP contribution in [0, 0.1) is 5.92 Å². The third kappa shape index (κ3) is 4.06. The van der Waals surface area contributed by atoms with Gasteiger partial charge in [0, 0.05) is 24.6 Å². The van der Waals surface area contributed by atoms with E-state index >= 15 is 0 Å². The molecule has 1 saturated carbocycles. The van der Waals surface area contributed by atoms with Gasteiger partial charge in [0.2, 0.25) is 5.91 Å². The normalized spacial score (nSPS) is 14.7. The maximum Gasteiger partial charge on any atom is 0.220 e. The van der Waals surface area contributed by atoms with E-state index in [9.17, 15) is 4.79 Å². The number of methoxy groups -OCH3 is 3. The zero-order chi connectivity index (χ0) is 15.9. The Balaban J connectivity index is 1.99. The van der Waals surface area contributed by atoms with Crippen molar-refractivity contribution in [2.45, 2.75) is 38.6 Å². The number of hydrogen-bond donors (Lipinski definition) is 1. The molecule has 0 heterocycles. The van der Waals surface area contributed by atoms with Gasteiger partial charge in [0.25, 0.3) is 0 Å². The number of hydrogen-bond acceptors (Lipinski definition) is 4. The Kier molecular flexibility index (Phi) is 5.92. The van der Waals surface area contributed by atoms with E-state index in [0.29, 0.717) is 36.1 Å². The van der Waals surface area contributed by atoms with Crippen molar-refractivity contribution in [3.63, 3.8) is 0 Å². The summed E-state index contributed by atoms with van der Waals surface area (Å²) in [6.45, 7) is 0.426. The molecule has 1 aliphatic carbocycles. The zero-order valence-corrected chi connectivity index (χ0v) is 13.6. The van der Waals surface area contributed by atoms with E-state index in [1.54, 1.807) is 27.4 Å². The summed E-state index contributed by atoms with van der Waals surface area (Å²) >= 11 is 0. The lowest BCUT2D eigenvalue weighted by molar-refractivity contribution is -0.122. The number of nitrogens with one attached hydrogen (secondary N) is 1. The largest absolute Gasteiger partial charge is 0.496 e. The Labute approximate surface area is 131 Å². The van der Waals surface area contributed by atoms with Crippen LogP contribution >= 0.6 is 0 Å². The van der Waals surface area contributed by atoms with Crippen LogP contribution < -0.4 is 19.5 Å². The fourth-order valence-electron chi connectivity index (χ4n) is 2.97. The van der Waals surface area contributed by atoms with Crippen molar-refractivity contribution in [2.24, 2.45) is 5.92 Å². The number of benzene rings is 1. The van der Waals surface area contributed by atoms with Crippen LogP contribution in [0.25, 0.3) is 0 Å². The quantitative estimate of drug-likeness (QED) is 0.841. The molecule has 0 saturated heterocycles. The van der Waals surface area contributed by atoms with E-state index in [-0.39, 0.29) is 5.91 Å². The maximum absolute atomic E-state index is 12.0. The van der Waals surface area contributed by atoms with E-state index in [1.807, 2.05) is 6.07 Å². The molecule has 1 fully saturated rings. The molecule has 122 valence electrons. The summed E-state index contributed by atoms with van der Waals surface area (Å²) in [6, 6.07) is 3.62. The average Bonchev–Trinajstić information content (AvgIpc) is 3.04. The molecule has 1 aromatic rings. The van der Waals surface area contributed by atoms with Gasteiger partial charge >= 0.3 is 0 Å². The Hall–Kier alpha value is -1.91. The second-order valence-electron chi connectivity index (χ2n) is 5.65. The Morgan fingerprint density at radius 2 is 1.64 bits per heavy atom. The van der Waals surface area contributed by atoms with Gasteiger partial charge in [-0.3, -0.25) is 4.79 Å². The summed E-state index contributed by atoms with van der Waals surface area (Å²) in [6.07, 6.45) is 5.47. The van der Waals surface area contributed by atoms with Crippen LogP contribution in [0.1, 0.15) is 37.7 Å². The van der Waals surface area contributed by atoms with Crippen molar-refractivity contribution in [2.75, 3.05) is 21.3 Å². The van der Waals surface area contributed by atoms with Crippen LogP contribution in [-0.2, 0) is 11.3 Å². The van der Waals surface area contributed by atoms with Crippen LogP contribution in [0.2, 0.25) is 0 Å². The number of rotatable bonds is 7. The van der Waals surface area contributed by atoms with Gasteiger partial charge in [-0.25, -0.2) is 0 Å². The van der Waals surface area contributed by atoms with E-state index in [0.717, 1.165) is 5.56 Å². The lowest BCUT2D eigenvalue weighted by Crippen LogP contribution is -2.24. The molecular weight excluding hydrogens is 282 g/mol. The van der Waals surface area contributed by atoms with Gasteiger partial charge in [0.15, 0.2) is 11.5 Å². The van der Waals surface area contributed by atoms with Crippen molar-refractivity contribution in [3.8, 4) is 17.2 Å². The van der Waals surface area contributed by atoms with Gasteiger partial charge in [0.1, 0.15) is 5.75 Å². The van der Waals surface area contributed by atoms with Crippen LogP contribution in [0.15, 0.2) is 12.1 Å². The molecule has 0 atom stereocenters. The Bertz CT molecular complexity index is 510. The lowest BCUT2D eigenvalue weighted by Gasteiger charge is -2.15. The standard InChI is InChI=1S/C17H25NO4/c1-20-14-10-16(22-3)15(21-2)9-13(14)11-18-17(19)8-12-6-4-5-7-12/h9-10,12H,4-8,11H2,1-3H3,(H,18,19). The minimum atomic E-state index is 0.101. The summed E-state index contributed by atoms with van der Waals surface area (Å²) < 4.78 is 15.9. The third-order valence-electron chi connectivity index (χ3n) is 4.21. The molecule has 5 nitrogen and oxygen atoms in total. The highest BCUT2D eigenvalue weighted by Crippen LogP contribution is 2.34. The van der Waals surface area contributed by atoms with Crippen molar-refractivity contribution in [1.82, 2.24) is 5.32 Å². The fourth-order valence-corrected chi connectivity index (χ4v) is 2.97. The molecule has 1 aromatic carbocycles. The summed E-state index contributed by atoms with van der Waals surface area (Å²) in [5, 5.41) is 2.97. The number of ether oxygens (including phenoxy) is 3.